The summed E-state index contributed by atoms with van der Waals surface area (Å²) in [5.41, 5.74) is 13.9. The third kappa shape index (κ3) is 5.60. The highest BCUT2D eigenvalue weighted by Crippen LogP contribution is 2.54. The summed E-state index contributed by atoms with van der Waals surface area (Å²) in [5.74, 6) is 0. The SMILES string of the molecule is CC1(C)c2c(cccc2-c2ccc(C=N/C(=C\C(=N)c3ccccc3)c3ccccc3-c3ccccc3)c3ccccc23)-c2ccc3ccccc3c21. The summed E-state index contributed by atoms with van der Waals surface area (Å²) in [7, 11) is 0. The number of allylic oxidation sites excluding steroid dienone is 1. The van der Waals surface area contributed by atoms with E-state index in [4.69, 9.17) is 10.4 Å². The number of nitrogens with zero attached hydrogens (tertiary/aromatic N) is 1. The molecule has 9 rings (SSSR count). The topological polar surface area (TPSA) is 36.2 Å². The molecule has 1 aliphatic rings. The zero-order chi connectivity index (χ0) is 35.9. The van der Waals surface area contributed by atoms with Gasteiger partial charge in [0, 0.05) is 22.8 Å². The predicted molar refractivity (Wildman–Crippen MR) is 225 cm³/mol. The second-order valence-electron chi connectivity index (χ2n) is 14.3. The maximum Gasteiger partial charge on any atom is 0.0729 e. The molecule has 53 heavy (non-hydrogen) atoms. The van der Waals surface area contributed by atoms with Crippen LogP contribution in [-0.2, 0) is 5.41 Å². The van der Waals surface area contributed by atoms with Gasteiger partial charge in [-0.25, -0.2) is 0 Å². The van der Waals surface area contributed by atoms with Crippen molar-refractivity contribution in [1.29, 1.82) is 5.41 Å². The van der Waals surface area contributed by atoms with Crippen LogP contribution in [-0.4, -0.2) is 11.9 Å². The molecule has 252 valence electrons. The fraction of sp³-hybridized carbons (Fsp3) is 0.0588. The first-order valence-electron chi connectivity index (χ1n) is 18.2. The lowest BCUT2D eigenvalue weighted by Crippen LogP contribution is -2.17. The third-order valence-corrected chi connectivity index (χ3v) is 10.8. The molecule has 0 radical (unpaired) electrons. The monoisotopic (exact) mass is 678 g/mol. The Hall–Kier alpha value is -6.64. The molecule has 0 heterocycles. The molecule has 8 aromatic rings. The summed E-state index contributed by atoms with van der Waals surface area (Å²) in [6.07, 6.45) is 3.86. The molecule has 2 heteroatoms. The van der Waals surface area contributed by atoms with Gasteiger partial charge >= 0.3 is 0 Å². The number of hydrogen-bond donors (Lipinski definition) is 1. The fourth-order valence-electron chi connectivity index (χ4n) is 8.38. The molecule has 2 nitrogen and oxygen atoms in total. The molecule has 1 aliphatic carbocycles. The smallest absolute Gasteiger partial charge is 0.0729 e. The summed E-state index contributed by atoms with van der Waals surface area (Å²) in [6, 6.07) is 61.9. The molecule has 0 unspecified atom stereocenters. The minimum atomic E-state index is -0.182. The Kier molecular flexibility index (Phi) is 8.01. The van der Waals surface area contributed by atoms with E-state index in [9.17, 15) is 0 Å². The number of fused-ring (bicyclic) bond motifs is 6. The van der Waals surface area contributed by atoms with E-state index in [1.165, 1.54) is 49.5 Å². The van der Waals surface area contributed by atoms with Gasteiger partial charge in [0.2, 0.25) is 0 Å². The van der Waals surface area contributed by atoms with Crippen molar-refractivity contribution in [2.75, 3.05) is 0 Å². The fourth-order valence-corrected chi connectivity index (χ4v) is 8.38. The Balaban J connectivity index is 1.18. The standard InChI is InChI=1S/C51H38N2/c1-51(2)49-40-23-10-9-18-35(40)28-31-46(49)45-27-15-26-44(50(45)51)42-30-29-37(39-22-11-13-24-41(39)42)33-53-48(32-47(52)36-19-7-4-8-20-36)43-25-14-12-21-38(43)34-16-5-3-6-17-34/h3-33,52H,1-2H3/b48-32-,52-47?,53-33?. The van der Waals surface area contributed by atoms with Gasteiger partial charge in [-0.15, -0.1) is 0 Å². The highest BCUT2D eigenvalue weighted by Gasteiger charge is 2.39. The van der Waals surface area contributed by atoms with Gasteiger partial charge in [0.25, 0.3) is 0 Å². The molecule has 8 aromatic carbocycles. The van der Waals surface area contributed by atoms with Crippen LogP contribution < -0.4 is 0 Å². The summed E-state index contributed by atoms with van der Waals surface area (Å²) < 4.78 is 0. The number of hydrogen-bond acceptors (Lipinski definition) is 2. The van der Waals surface area contributed by atoms with Gasteiger partial charge in [0.1, 0.15) is 0 Å². The number of nitrogens with one attached hydrogen (secondary N) is 1. The van der Waals surface area contributed by atoms with Crippen LogP contribution in [0.1, 0.15) is 41.7 Å². The van der Waals surface area contributed by atoms with Crippen LogP contribution in [0.5, 0.6) is 0 Å². The zero-order valence-electron chi connectivity index (χ0n) is 29.8. The Labute approximate surface area is 311 Å². The molecule has 0 saturated carbocycles. The highest BCUT2D eigenvalue weighted by atomic mass is 14.7. The van der Waals surface area contributed by atoms with Gasteiger partial charge in [-0.1, -0.05) is 190 Å². The lowest BCUT2D eigenvalue weighted by atomic mass is 9.77. The van der Waals surface area contributed by atoms with Crippen molar-refractivity contribution in [3.05, 3.63) is 210 Å². The van der Waals surface area contributed by atoms with E-state index in [0.29, 0.717) is 5.71 Å². The quantitative estimate of drug-likeness (QED) is 0.163. The minimum Gasteiger partial charge on any atom is -0.300 e. The molecule has 0 saturated heterocycles. The van der Waals surface area contributed by atoms with E-state index in [2.05, 4.69) is 147 Å². The van der Waals surface area contributed by atoms with E-state index < -0.39 is 0 Å². The molecule has 0 fully saturated rings. The van der Waals surface area contributed by atoms with Crippen LogP contribution in [0.25, 0.3) is 60.6 Å². The molecular formula is C51H38N2. The number of aliphatic imine (C=N–C) groups is 1. The van der Waals surface area contributed by atoms with Gasteiger partial charge in [-0.05, 0) is 77.7 Å². The molecule has 1 N–H and O–H groups in total. The normalized spacial score (nSPS) is 13.4. The summed E-state index contributed by atoms with van der Waals surface area (Å²) in [4.78, 5) is 5.20. The molecular weight excluding hydrogens is 641 g/mol. The Morgan fingerprint density at radius 2 is 1.08 bits per heavy atom. The summed E-state index contributed by atoms with van der Waals surface area (Å²) in [6.45, 7) is 4.76. The van der Waals surface area contributed by atoms with Crippen molar-refractivity contribution in [3.8, 4) is 33.4 Å². The zero-order valence-corrected chi connectivity index (χ0v) is 29.8. The second kappa shape index (κ2) is 13.2. The van der Waals surface area contributed by atoms with Crippen molar-refractivity contribution >= 4 is 39.2 Å². The molecule has 0 aromatic heterocycles. The van der Waals surface area contributed by atoms with E-state index in [0.717, 1.165) is 38.9 Å². The van der Waals surface area contributed by atoms with Gasteiger partial charge in [0.15, 0.2) is 0 Å². The second-order valence-corrected chi connectivity index (χ2v) is 14.3. The highest BCUT2D eigenvalue weighted by molar-refractivity contribution is 6.13. The average Bonchev–Trinajstić information content (AvgIpc) is 3.46. The number of benzene rings is 8. The summed E-state index contributed by atoms with van der Waals surface area (Å²) >= 11 is 0. The maximum absolute atomic E-state index is 9.06. The van der Waals surface area contributed by atoms with Gasteiger partial charge in [-0.2, -0.15) is 0 Å². The molecule has 0 aliphatic heterocycles. The Morgan fingerprint density at radius 1 is 0.491 bits per heavy atom. The van der Waals surface area contributed by atoms with E-state index >= 15 is 0 Å². The van der Waals surface area contributed by atoms with Gasteiger partial charge in [0.05, 0.1) is 11.4 Å². The first-order chi connectivity index (χ1) is 26.0. The van der Waals surface area contributed by atoms with Crippen LogP contribution in [0.15, 0.2) is 187 Å². The number of rotatable bonds is 7. The van der Waals surface area contributed by atoms with Crippen LogP contribution in [0.2, 0.25) is 0 Å². The largest absolute Gasteiger partial charge is 0.300 e. The lowest BCUT2D eigenvalue weighted by molar-refractivity contribution is 0.668. The first kappa shape index (κ1) is 32.3. The van der Waals surface area contributed by atoms with Crippen molar-refractivity contribution < 1.29 is 0 Å². The van der Waals surface area contributed by atoms with E-state index in [1.54, 1.807) is 0 Å². The minimum absolute atomic E-state index is 0.182. The lowest BCUT2D eigenvalue weighted by Gasteiger charge is -2.26. The van der Waals surface area contributed by atoms with Gasteiger partial charge in [-0.3, -0.25) is 4.99 Å². The summed E-state index contributed by atoms with van der Waals surface area (Å²) in [5, 5.41) is 14.0. The van der Waals surface area contributed by atoms with Crippen LogP contribution in [0, 0.1) is 5.41 Å². The molecule has 0 amide bonds. The molecule has 0 bridgehead atoms. The molecule has 0 spiro atoms. The Bertz CT molecular complexity index is 2750. The van der Waals surface area contributed by atoms with Crippen molar-refractivity contribution in [1.82, 2.24) is 0 Å². The average molecular weight is 679 g/mol. The van der Waals surface area contributed by atoms with Crippen LogP contribution in [0.4, 0.5) is 0 Å². The maximum atomic E-state index is 9.06. The van der Waals surface area contributed by atoms with Crippen molar-refractivity contribution in [2.45, 2.75) is 19.3 Å². The first-order valence-corrected chi connectivity index (χ1v) is 18.2. The third-order valence-electron chi connectivity index (χ3n) is 10.8. The van der Waals surface area contributed by atoms with Gasteiger partial charge < -0.3 is 5.41 Å². The Morgan fingerprint density at radius 3 is 1.87 bits per heavy atom. The van der Waals surface area contributed by atoms with E-state index in [-0.39, 0.29) is 5.41 Å². The molecule has 0 atom stereocenters. The van der Waals surface area contributed by atoms with E-state index in [1.807, 2.05) is 54.8 Å². The van der Waals surface area contributed by atoms with Crippen LogP contribution in [0.3, 0.4) is 0 Å². The van der Waals surface area contributed by atoms with Crippen molar-refractivity contribution in [2.24, 2.45) is 4.99 Å². The predicted octanol–water partition coefficient (Wildman–Crippen LogP) is 13.2. The van der Waals surface area contributed by atoms with Crippen LogP contribution >= 0.6 is 0 Å². The van der Waals surface area contributed by atoms with Crippen molar-refractivity contribution in [3.63, 3.8) is 0 Å².